The van der Waals surface area contributed by atoms with Crippen LogP contribution in [0.2, 0.25) is 0 Å². The predicted molar refractivity (Wildman–Crippen MR) is 145 cm³/mol. The SMILES string of the molecule is [C-]#[N+]C(C#N)=C1c2cc(F)ccc2-c2cc3c(cc21)-c1ccc(-c2ccc([N+]#[C-])cc2)cc1C3=C(C#N)[N+]#[C-]. The first kappa shape index (κ1) is 23.2. The summed E-state index contributed by atoms with van der Waals surface area (Å²) < 4.78 is 14.3. The van der Waals surface area contributed by atoms with Gasteiger partial charge in [0.1, 0.15) is 5.82 Å². The van der Waals surface area contributed by atoms with E-state index in [9.17, 15) is 14.9 Å². The third-order valence-corrected chi connectivity index (χ3v) is 7.06. The molecule has 4 aromatic rings. The van der Waals surface area contributed by atoms with Gasteiger partial charge in [0.2, 0.25) is 0 Å². The highest BCUT2D eigenvalue weighted by Gasteiger charge is 2.33. The average molecular weight is 497 g/mol. The molecule has 0 saturated heterocycles. The first-order chi connectivity index (χ1) is 19.0. The van der Waals surface area contributed by atoms with Crippen molar-refractivity contribution in [2.45, 2.75) is 0 Å². The minimum atomic E-state index is -0.475. The van der Waals surface area contributed by atoms with E-state index in [0.717, 1.165) is 27.8 Å². The van der Waals surface area contributed by atoms with Crippen LogP contribution in [-0.2, 0) is 0 Å². The molecule has 39 heavy (non-hydrogen) atoms. The van der Waals surface area contributed by atoms with E-state index in [1.54, 1.807) is 18.2 Å². The van der Waals surface area contributed by atoms with Crippen molar-refractivity contribution in [1.82, 2.24) is 0 Å². The molecule has 4 aromatic carbocycles. The largest absolute Gasteiger partial charge is 0.270 e. The van der Waals surface area contributed by atoms with E-state index in [2.05, 4.69) is 14.5 Å². The molecule has 0 radical (unpaired) electrons. The molecule has 0 atom stereocenters. The van der Waals surface area contributed by atoms with E-state index >= 15 is 0 Å². The number of allylic oxidation sites excluding steroid dienone is 2. The summed E-state index contributed by atoms with van der Waals surface area (Å²) in [7, 11) is 0. The number of benzene rings is 4. The Morgan fingerprint density at radius 2 is 1.05 bits per heavy atom. The number of halogens is 1. The van der Waals surface area contributed by atoms with Gasteiger partial charge in [-0.05, 0) is 86.0 Å². The number of fused-ring (bicyclic) bond motifs is 6. The van der Waals surface area contributed by atoms with Crippen LogP contribution in [0.15, 0.2) is 84.2 Å². The molecule has 0 N–H and O–H groups in total. The molecule has 2 aliphatic rings. The van der Waals surface area contributed by atoms with Gasteiger partial charge in [-0.15, -0.1) is 0 Å². The zero-order chi connectivity index (χ0) is 27.3. The molecule has 5 nitrogen and oxygen atoms in total. The minimum Gasteiger partial charge on any atom is -0.238 e. The zero-order valence-corrected chi connectivity index (χ0v) is 20.0. The molecule has 0 fully saturated rings. The van der Waals surface area contributed by atoms with Crippen LogP contribution in [0.3, 0.4) is 0 Å². The van der Waals surface area contributed by atoms with E-state index in [4.69, 9.17) is 19.7 Å². The topological polar surface area (TPSA) is 60.7 Å². The molecule has 0 bridgehead atoms. The van der Waals surface area contributed by atoms with Gasteiger partial charge in [0.05, 0.1) is 31.9 Å². The van der Waals surface area contributed by atoms with E-state index in [1.807, 2.05) is 54.6 Å². The van der Waals surface area contributed by atoms with Gasteiger partial charge in [-0.25, -0.2) is 29.4 Å². The second-order valence-electron chi connectivity index (χ2n) is 8.95. The first-order valence-electron chi connectivity index (χ1n) is 11.7. The molecule has 0 aromatic heterocycles. The van der Waals surface area contributed by atoms with Crippen LogP contribution in [0, 0.1) is 48.2 Å². The van der Waals surface area contributed by atoms with Crippen molar-refractivity contribution in [3.8, 4) is 45.5 Å². The zero-order valence-electron chi connectivity index (χ0n) is 20.0. The fraction of sp³-hybridized carbons (Fsp3) is 0. The summed E-state index contributed by atoms with van der Waals surface area (Å²) in [6.45, 7) is 22.4. The molecule has 0 amide bonds. The maximum absolute atomic E-state index is 14.3. The summed E-state index contributed by atoms with van der Waals surface area (Å²) in [5.41, 5.74) is 8.46. The number of rotatable bonds is 1. The summed E-state index contributed by atoms with van der Waals surface area (Å²) in [6.07, 6.45) is 0. The molecule has 0 heterocycles. The standard InChI is InChI=1S/C33H12FN5/c1-37-21-8-4-18(5-9-21)19-6-10-22-24-14-29-25(15-28(24)32(26(22)12-19)30(16-35)38-2)23-11-7-20(34)13-27(23)33(29)31(17-36)39-3/h4-15H. The van der Waals surface area contributed by atoms with Crippen molar-refractivity contribution in [2.75, 3.05) is 0 Å². The van der Waals surface area contributed by atoms with Gasteiger partial charge in [-0.1, -0.05) is 42.5 Å². The van der Waals surface area contributed by atoms with Crippen molar-refractivity contribution < 1.29 is 4.39 Å². The third-order valence-electron chi connectivity index (χ3n) is 7.06. The summed E-state index contributed by atoms with van der Waals surface area (Å²) in [6, 6.07) is 25.0. The average Bonchev–Trinajstić information content (AvgIpc) is 3.45. The quantitative estimate of drug-likeness (QED) is 0.169. The van der Waals surface area contributed by atoms with Gasteiger partial charge in [0, 0.05) is 11.1 Å². The molecule has 0 spiro atoms. The molecule has 0 unspecified atom stereocenters. The van der Waals surface area contributed by atoms with Crippen molar-refractivity contribution in [1.29, 1.82) is 10.5 Å². The Morgan fingerprint density at radius 3 is 1.56 bits per heavy atom. The lowest BCUT2D eigenvalue weighted by Gasteiger charge is -2.09. The predicted octanol–water partition coefficient (Wildman–Crippen LogP) is 8.41. The van der Waals surface area contributed by atoms with Crippen molar-refractivity contribution >= 4 is 16.8 Å². The summed E-state index contributed by atoms with van der Waals surface area (Å²) in [5, 5.41) is 19.6. The lowest BCUT2D eigenvalue weighted by molar-refractivity contribution is 0.627. The van der Waals surface area contributed by atoms with Crippen LogP contribution >= 0.6 is 0 Å². The van der Waals surface area contributed by atoms with Crippen molar-refractivity contribution in [3.05, 3.63) is 147 Å². The van der Waals surface area contributed by atoms with Gasteiger partial charge >= 0.3 is 0 Å². The first-order valence-corrected chi connectivity index (χ1v) is 11.7. The summed E-state index contributed by atoms with van der Waals surface area (Å²) in [5.74, 6) is -0.475. The highest BCUT2D eigenvalue weighted by Crippen LogP contribution is 2.54. The maximum Gasteiger partial charge on any atom is 0.270 e. The third kappa shape index (κ3) is 3.34. The highest BCUT2D eigenvalue weighted by atomic mass is 19.1. The Morgan fingerprint density at radius 1 is 0.564 bits per heavy atom. The fourth-order valence-corrected chi connectivity index (χ4v) is 5.39. The molecular weight excluding hydrogens is 485 g/mol. The van der Waals surface area contributed by atoms with Crippen molar-refractivity contribution in [3.63, 3.8) is 0 Å². The second-order valence-corrected chi connectivity index (χ2v) is 8.95. The van der Waals surface area contributed by atoms with Gasteiger partial charge in [-0.3, -0.25) is 0 Å². The number of nitrogens with zero attached hydrogens (tertiary/aromatic N) is 5. The number of hydrogen-bond donors (Lipinski definition) is 0. The van der Waals surface area contributed by atoms with Crippen LogP contribution in [0.4, 0.5) is 10.1 Å². The number of nitriles is 2. The highest BCUT2D eigenvalue weighted by molar-refractivity contribution is 6.11. The van der Waals surface area contributed by atoms with Crippen LogP contribution in [0.1, 0.15) is 22.3 Å². The molecule has 6 heteroatoms. The normalized spacial score (nSPS) is 14.3. The minimum absolute atomic E-state index is 0.0533. The Bertz CT molecular complexity index is 2030. The van der Waals surface area contributed by atoms with Gasteiger partial charge in [-0.2, -0.15) is 0 Å². The molecule has 0 aliphatic heterocycles. The van der Waals surface area contributed by atoms with E-state index in [1.165, 1.54) is 12.1 Å². The van der Waals surface area contributed by atoms with Crippen LogP contribution < -0.4 is 0 Å². The molecule has 176 valence electrons. The Labute approximate surface area is 223 Å². The van der Waals surface area contributed by atoms with Crippen molar-refractivity contribution in [2.24, 2.45) is 0 Å². The maximum atomic E-state index is 14.3. The van der Waals surface area contributed by atoms with E-state index in [0.29, 0.717) is 44.7 Å². The fourth-order valence-electron chi connectivity index (χ4n) is 5.39. The van der Waals surface area contributed by atoms with E-state index < -0.39 is 5.82 Å². The Balaban J connectivity index is 1.65. The second kappa shape index (κ2) is 8.69. The van der Waals surface area contributed by atoms with E-state index in [-0.39, 0.29) is 11.4 Å². The van der Waals surface area contributed by atoms with Crippen LogP contribution in [-0.4, -0.2) is 0 Å². The Kier molecular flexibility index (Phi) is 5.16. The lowest BCUT2D eigenvalue weighted by Crippen LogP contribution is -1.89. The molecule has 2 aliphatic carbocycles. The smallest absolute Gasteiger partial charge is 0.238 e. The summed E-state index contributed by atoms with van der Waals surface area (Å²) in [4.78, 5) is 10.4. The Hall–Kier alpha value is -6.26. The van der Waals surface area contributed by atoms with Gasteiger partial charge in [0.25, 0.3) is 11.4 Å². The molecular formula is C33H12FN5. The molecule has 0 saturated carbocycles. The molecule has 6 rings (SSSR count). The van der Waals surface area contributed by atoms with Gasteiger partial charge in [0.15, 0.2) is 5.69 Å². The summed E-state index contributed by atoms with van der Waals surface area (Å²) >= 11 is 0. The van der Waals surface area contributed by atoms with Crippen LogP contribution in [0.25, 0.3) is 59.1 Å². The van der Waals surface area contributed by atoms with Crippen LogP contribution in [0.5, 0.6) is 0 Å². The monoisotopic (exact) mass is 497 g/mol. The van der Waals surface area contributed by atoms with Gasteiger partial charge < -0.3 is 0 Å². The number of hydrogen-bond acceptors (Lipinski definition) is 2. The lowest BCUT2D eigenvalue weighted by atomic mass is 9.95.